The number of hydrogen-bond donors (Lipinski definition) is 0. The van der Waals surface area contributed by atoms with Gasteiger partial charge in [-0.1, -0.05) is 35.4 Å². The average Bonchev–Trinajstić information content (AvgIpc) is 2.56. The molecule has 4 nitrogen and oxygen atoms in total. The highest BCUT2D eigenvalue weighted by Crippen LogP contribution is 2.29. The molecule has 0 radical (unpaired) electrons. The van der Waals surface area contributed by atoms with Gasteiger partial charge in [0, 0.05) is 25.0 Å². The second kappa shape index (κ2) is 9.57. The lowest BCUT2D eigenvalue weighted by atomic mass is 9.96. The Morgan fingerprint density at radius 3 is 1.10 bits per heavy atom. The van der Waals surface area contributed by atoms with Gasteiger partial charge in [0.05, 0.1) is 0 Å². The molecule has 0 saturated heterocycles. The summed E-state index contributed by atoms with van der Waals surface area (Å²) in [5, 5.41) is 0. The zero-order valence-corrected chi connectivity index (χ0v) is 19.1. The predicted molar refractivity (Wildman–Crippen MR) is 121 cm³/mol. The number of hydrogen-bond acceptors (Lipinski definition) is 4. The quantitative estimate of drug-likeness (QED) is 0.345. The van der Waals surface area contributed by atoms with Gasteiger partial charge in [0.2, 0.25) is 0 Å². The number of benzene rings is 2. The van der Waals surface area contributed by atoms with E-state index in [-0.39, 0.29) is 0 Å². The van der Waals surface area contributed by atoms with E-state index in [0.717, 1.165) is 44.5 Å². The van der Waals surface area contributed by atoms with Gasteiger partial charge in [0.1, 0.15) is 11.5 Å². The van der Waals surface area contributed by atoms with Crippen molar-refractivity contribution in [2.24, 2.45) is 0 Å². The second-order valence-corrected chi connectivity index (χ2v) is 7.80. The molecule has 0 heterocycles. The number of rotatable bonds is 5. The Bertz CT molecular complexity index is 923. The highest BCUT2D eigenvalue weighted by molar-refractivity contribution is 5.82. The van der Waals surface area contributed by atoms with Gasteiger partial charge in [0.25, 0.3) is 0 Å². The second-order valence-electron chi connectivity index (χ2n) is 7.80. The molecule has 158 valence electrons. The van der Waals surface area contributed by atoms with E-state index in [1.165, 1.54) is 13.8 Å². The minimum atomic E-state index is -0.411. The first-order valence-electron chi connectivity index (χ1n) is 9.94. The molecular formula is C26H30O4. The van der Waals surface area contributed by atoms with Gasteiger partial charge in [-0.25, -0.2) is 0 Å². The molecule has 0 aliphatic carbocycles. The molecule has 2 aromatic rings. The Morgan fingerprint density at radius 1 is 0.600 bits per heavy atom. The van der Waals surface area contributed by atoms with Crippen LogP contribution in [0.2, 0.25) is 0 Å². The van der Waals surface area contributed by atoms with Crippen LogP contribution in [0.4, 0.5) is 0 Å². The lowest BCUT2D eigenvalue weighted by molar-refractivity contribution is -0.135. The fraction of sp³-hybridized carbons (Fsp3) is 0.308. The number of carbonyl (C=O) groups excluding carboxylic acids is 2. The van der Waals surface area contributed by atoms with Gasteiger partial charge in [-0.3, -0.25) is 9.59 Å². The molecule has 0 aromatic heterocycles. The number of esters is 2. The minimum absolute atomic E-state index is 0.411. The molecule has 2 aromatic carbocycles. The third-order valence-corrected chi connectivity index (χ3v) is 4.74. The van der Waals surface area contributed by atoms with E-state index >= 15 is 0 Å². The molecule has 30 heavy (non-hydrogen) atoms. The molecule has 0 N–H and O–H groups in total. The molecule has 0 aliphatic heterocycles. The van der Waals surface area contributed by atoms with Crippen molar-refractivity contribution < 1.29 is 19.1 Å². The zero-order valence-electron chi connectivity index (χ0n) is 19.1. The van der Waals surface area contributed by atoms with Crippen LogP contribution in [0, 0.1) is 41.5 Å². The molecular weight excluding hydrogens is 376 g/mol. The van der Waals surface area contributed by atoms with Crippen molar-refractivity contribution in [3.05, 3.63) is 80.9 Å². The van der Waals surface area contributed by atoms with Crippen LogP contribution in [0.3, 0.4) is 0 Å². The topological polar surface area (TPSA) is 52.6 Å². The van der Waals surface area contributed by atoms with Crippen molar-refractivity contribution in [2.75, 3.05) is 0 Å². The maximum atomic E-state index is 11.8. The Hall–Kier alpha value is -3.14. The third-order valence-electron chi connectivity index (χ3n) is 4.74. The largest absolute Gasteiger partial charge is 0.426 e. The van der Waals surface area contributed by atoms with Crippen LogP contribution in [0.5, 0.6) is 0 Å². The first-order valence-corrected chi connectivity index (χ1v) is 9.94. The number of allylic oxidation sites excluding steroid dienone is 2. The SMILES string of the molecule is CC(=O)O/C(=C\C=C(/OC(C)=O)c1c(C)cc(C)cc1C)c1c(C)cc(C)cc1C. The minimum Gasteiger partial charge on any atom is -0.426 e. The molecule has 2 rings (SSSR count). The Balaban J connectivity index is 2.70. The fourth-order valence-corrected chi connectivity index (χ4v) is 3.94. The van der Waals surface area contributed by atoms with Gasteiger partial charge in [-0.05, 0) is 75.9 Å². The molecule has 0 atom stereocenters. The number of aryl methyl sites for hydroxylation is 6. The Kier molecular flexibility index (Phi) is 7.38. The summed E-state index contributed by atoms with van der Waals surface area (Å²) in [6.45, 7) is 14.7. The molecule has 0 spiro atoms. The smallest absolute Gasteiger partial charge is 0.308 e. The maximum Gasteiger partial charge on any atom is 0.308 e. The van der Waals surface area contributed by atoms with Gasteiger partial charge in [0.15, 0.2) is 0 Å². The maximum absolute atomic E-state index is 11.8. The van der Waals surface area contributed by atoms with Crippen molar-refractivity contribution in [1.82, 2.24) is 0 Å². The molecule has 0 amide bonds. The van der Waals surface area contributed by atoms with Gasteiger partial charge >= 0.3 is 11.9 Å². The Labute approximate surface area is 179 Å². The van der Waals surface area contributed by atoms with Crippen molar-refractivity contribution in [3.63, 3.8) is 0 Å². The first-order chi connectivity index (χ1) is 14.0. The summed E-state index contributed by atoms with van der Waals surface area (Å²) in [5.41, 5.74) is 8.00. The summed E-state index contributed by atoms with van der Waals surface area (Å²) in [4.78, 5) is 23.6. The summed E-state index contributed by atoms with van der Waals surface area (Å²) in [6, 6.07) is 8.19. The Morgan fingerprint density at radius 2 is 0.867 bits per heavy atom. The first kappa shape index (κ1) is 23.1. The molecule has 0 fully saturated rings. The summed E-state index contributed by atoms with van der Waals surface area (Å²) in [7, 11) is 0. The monoisotopic (exact) mass is 406 g/mol. The zero-order chi connectivity index (χ0) is 22.6. The van der Waals surface area contributed by atoms with Crippen LogP contribution >= 0.6 is 0 Å². The van der Waals surface area contributed by atoms with E-state index in [4.69, 9.17) is 9.47 Å². The van der Waals surface area contributed by atoms with Gasteiger partial charge in [-0.15, -0.1) is 0 Å². The van der Waals surface area contributed by atoms with Crippen molar-refractivity contribution in [2.45, 2.75) is 55.4 Å². The predicted octanol–water partition coefficient (Wildman–Crippen LogP) is 6.05. The van der Waals surface area contributed by atoms with Gasteiger partial charge < -0.3 is 9.47 Å². The normalized spacial score (nSPS) is 12.0. The average molecular weight is 407 g/mol. The third kappa shape index (κ3) is 5.69. The van der Waals surface area contributed by atoms with Crippen molar-refractivity contribution in [1.29, 1.82) is 0 Å². The van der Waals surface area contributed by atoms with Crippen LogP contribution in [0.15, 0.2) is 36.4 Å². The van der Waals surface area contributed by atoms with Gasteiger partial charge in [-0.2, -0.15) is 0 Å². The standard InChI is InChI=1S/C26H30O4/c1-15-11-17(3)25(18(4)12-15)23(29-21(7)27)9-10-24(30-22(8)28)26-19(5)13-16(2)14-20(26)6/h9-14H,1-8H3/b23-9-,24-10-. The summed E-state index contributed by atoms with van der Waals surface area (Å²) < 4.78 is 11.1. The van der Waals surface area contributed by atoms with Crippen LogP contribution in [0.25, 0.3) is 11.5 Å². The van der Waals surface area contributed by atoms with E-state index in [2.05, 4.69) is 0 Å². The highest BCUT2D eigenvalue weighted by Gasteiger charge is 2.15. The molecule has 0 bridgehead atoms. The molecule has 0 saturated carbocycles. The van der Waals surface area contributed by atoms with E-state index in [1.807, 2.05) is 65.8 Å². The summed E-state index contributed by atoms with van der Waals surface area (Å²) >= 11 is 0. The van der Waals surface area contributed by atoms with Crippen LogP contribution in [-0.4, -0.2) is 11.9 Å². The number of carbonyl (C=O) groups is 2. The van der Waals surface area contributed by atoms with Crippen molar-refractivity contribution in [3.8, 4) is 0 Å². The van der Waals surface area contributed by atoms with Crippen LogP contribution in [-0.2, 0) is 19.1 Å². The van der Waals surface area contributed by atoms with E-state index < -0.39 is 11.9 Å². The van der Waals surface area contributed by atoms with E-state index in [0.29, 0.717) is 11.5 Å². The van der Waals surface area contributed by atoms with Crippen molar-refractivity contribution >= 4 is 23.5 Å². The van der Waals surface area contributed by atoms with Crippen LogP contribution < -0.4 is 0 Å². The lowest BCUT2D eigenvalue weighted by Gasteiger charge is -2.16. The summed E-state index contributed by atoms with van der Waals surface area (Å²) in [5.74, 6) is 0.0191. The highest BCUT2D eigenvalue weighted by atomic mass is 16.5. The molecule has 0 unspecified atom stereocenters. The lowest BCUT2D eigenvalue weighted by Crippen LogP contribution is -2.04. The molecule has 0 aliphatic rings. The number of ether oxygens (including phenoxy) is 2. The fourth-order valence-electron chi connectivity index (χ4n) is 3.94. The van der Waals surface area contributed by atoms with E-state index in [9.17, 15) is 9.59 Å². The van der Waals surface area contributed by atoms with E-state index in [1.54, 1.807) is 12.2 Å². The summed E-state index contributed by atoms with van der Waals surface area (Å²) in [6.07, 6.45) is 3.39. The van der Waals surface area contributed by atoms with Crippen LogP contribution in [0.1, 0.15) is 58.4 Å². The molecule has 4 heteroatoms.